The van der Waals surface area contributed by atoms with Crippen molar-refractivity contribution in [3.63, 3.8) is 0 Å². The Bertz CT molecular complexity index is 236. The molecule has 0 fully saturated rings. The molecule has 1 heterocycles. The Labute approximate surface area is 89.2 Å². The van der Waals surface area contributed by atoms with E-state index < -0.39 is 0 Å². The van der Waals surface area contributed by atoms with Crippen molar-refractivity contribution in [2.24, 2.45) is 0 Å². The van der Waals surface area contributed by atoms with E-state index in [2.05, 4.69) is 17.2 Å². The highest BCUT2D eigenvalue weighted by Crippen LogP contribution is 2.14. The van der Waals surface area contributed by atoms with Crippen LogP contribution in [0, 0.1) is 0 Å². The van der Waals surface area contributed by atoms with Gasteiger partial charge >= 0.3 is 0 Å². The summed E-state index contributed by atoms with van der Waals surface area (Å²) < 4.78 is 0. The zero-order valence-electron chi connectivity index (χ0n) is 8.73. The predicted octanol–water partition coefficient (Wildman–Crippen LogP) is 1.95. The van der Waals surface area contributed by atoms with Crippen LogP contribution >= 0.6 is 11.3 Å². The van der Waals surface area contributed by atoms with Gasteiger partial charge in [0.25, 0.3) is 0 Å². The van der Waals surface area contributed by atoms with Crippen LogP contribution in [-0.2, 0) is 0 Å². The molecule has 2 N–H and O–H groups in total. The van der Waals surface area contributed by atoms with Crippen molar-refractivity contribution in [3.05, 3.63) is 16.6 Å². The number of thiazole rings is 1. The van der Waals surface area contributed by atoms with Gasteiger partial charge < -0.3 is 10.4 Å². The number of hydrogen-bond donors (Lipinski definition) is 2. The number of aromatic nitrogens is 1. The Kier molecular flexibility index (Phi) is 5.07. The highest BCUT2D eigenvalue weighted by atomic mass is 32.1. The summed E-state index contributed by atoms with van der Waals surface area (Å²) in [5.74, 6) is 0. The fourth-order valence-electron chi connectivity index (χ4n) is 1.25. The summed E-state index contributed by atoms with van der Waals surface area (Å²) >= 11 is 1.67. The molecule has 0 aliphatic heterocycles. The Morgan fingerprint density at radius 3 is 2.93 bits per heavy atom. The molecule has 0 aliphatic rings. The first-order valence-corrected chi connectivity index (χ1v) is 5.89. The molecule has 0 spiro atoms. The van der Waals surface area contributed by atoms with Gasteiger partial charge in [0.05, 0.1) is 12.1 Å². The molecule has 0 aromatic carbocycles. The summed E-state index contributed by atoms with van der Waals surface area (Å²) in [5, 5.41) is 15.6. The van der Waals surface area contributed by atoms with Crippen molar-refractivity contribution >= 4 is 11.3 Å². The summed E-state index contributed by atoms with van der Waals surface area (Å²) in [6.45, 7) is 4.87. The summed E-state index contributed by atoms with van der Waals surface area (Å²) in [4.78, 5) is 4.24. The molecule has 1 aromatic rings. The number of nitrogens with one attached hydrogen (secondary N) is 1. The molecule has 1 aromatic heterocycles. The molecular weight excluding hydrogens is 196 g/mol. The minimum absolute atomic E-state index is 0.188. The Hall–Kier alpha value is -0.450. The van der Waals surface area contributed by atoms with Crippen LogP contribution in [0.1, 0.15) is 37.7 Å². The molecule has 80 valence electrons. The smallest absolute Gasteiger partial charge is 0.109 e. The molecule has 0 saturated heterocycles. The van der Waals surface area contributed by atoms with Gasteiger partial charge in [-0.15, -0.1) is 11.3 Å². The first-order valence-electron chi connectivity index (χ1n) is 5.01. The lowest BCUT2D eigenvalue weighted by Crippen LogP contribution is -2.20. The molecule has 2 atom stereocenters. The van der Waals surface area contributed by atoms with E-state index in [4.69, 9.17) is 5.11 Å². The summed E-state index contributed by atoms with van der Waals surface area (Å²) in [6.07, 6.45) is 3.51. The maximum atomic E-state index is 9.06. The van der Waals surface area contributed by atoms with Crippen LogP contribution in [-0.4, -0.2) is 22.7 Å². The first-order chi connectivity index (χ1) is 6.70. The fourth-order valence-corrected chi connectivity index (χ4v) is 1.92. The molecule has 0 aliphatic carbocycles. The Morgan fingerprint density at radius 2 is 2.36 bits per heavy atom. The maximum absolute atomic E-state index is 9.06. The molecule has 14 heavy (non-hydrogen) atoms. The van der Waals surface area contributed by atoms with E-state index in [-0.39, 0.29) is 6.10 Å². The average Bonchev–Trinajstić information content (AvgIpc) is 2.64. The lowest BCUT2D eigenvalue weighted by Gasteiger charge is -2.11. The van der Waals surface area contributed by atoms with Gasteiger partial charge in [0.1, 0.15) is 5.01 Å². The summed E-state index contributed by atoms with van der Waals surface area (Å²) in [5.41, 5.74) is 0. The minimum Gasteiger partial charge on any atom is -0.393 e. The van der Waals surface area contributed by atoms with E-state index in [0.29, 0.717) is 6.04 Å². The number of rotatable bonds is 6. The van der Waals surface area contributed by atoms with Gasteiger partial charge in [0.2, 0.25) is 0 Å². The largest absolute Gasteiger partial charge is 0.393 e. The van der Waals surface area contributed by atoms with E-state index in [9.17, 15) is 0 Å². The third kappa shape index (κ3) is 4.17. The molecule has 0 saturated carbocycles. The van der Waals surface area contributed by atoms with Crippen LogP contribution in [0.25, 0.3) is 0 Å². The van der Waals surface area contributed by atoms with Gasteiger partial charge in [-0.05, 0) is 33.2 Å². The second-order valence-corrected chi connectivity index (χ2v) is 4.46. The van der Waals surface area contributed by atoms with Crippen LogP contribution in [0.15, 0.2) is 11.6 Å². The maximum Gasteiger partial charge on any atom is 0.109 e. The second-order valence-electron chi connectivity index (χ2n) is 3.54. The van der Waals surface area contributed by atoms with E-state index in [1.54, 1.807) is 11.3 Å². The normalized spacial score (nSPS) is 15.4. The quantitative estimate of drug-likeness (QED) is 0.711. The van der Waals surface area contributed by atoms with E-state index in [1.807, 2.05) is 18.5 Å². The standard InChI is InChI=1S/C10H18N2OS/c1-8(13)4-3-5-11-9(2)10-12-6-7-14-10/h6-9,11,13H,3-5H2,1-2H3. The van der Waals surface area contributed by atoms with Crippen molar-refractivity contribution in [2.75, 3.05) is 6.54 Å². The molecule has 0 radical (unpaired) electrons. The van der Waals surface area contributed by atoms with Crippen molar-refractivity contribution < 1.29 is 5.11 Å². The van der Waals surface area contributed by atoms with Gasteiger partial charge in [-0.1, -0.05) is 0 Å². The van der Waals surface area contributed by atoms with Gasteiger partial charge in [0.15, 0.2) is 0 Å². The highest BCUT2D eigenvalue weighted by Gasteiger charge is 2.06. The van der Waals surface area contributed by atoms with Crippen molar-refractivity contribution in [1.82, 2.24) is 10.3 Å². The van der Waals surface area contributed by atoms with E-state index >= 15 is 0 Å². The number of aliphatic hydroxyl groups is 1. The summed E-state index contributed by atoms with van der Waals surface area (Å²) in [6, 6.07) is 0.323. The topological polar surface area (TPSA) is 45.1 Å². The number of hydrogen-bond acceptors (Lipinski definition) is 4. The monoisotopic (exact) mass is 214 g/mol. The number of aliphatic hydroxyl groups excluding tert-OH is 1. The Morgan fingerprint density at radius 1 is 1.57 bits per heavy atom. The van der Waals surface area contributed by atoms with E-state index in [1.165, 1.54) is 0 Å². The van der Waals surface area contributed by atoms with Crippen LogP contribution in [0.5, 0.6) is 0 Å². The van der Waals surface area contributed by atoms with Gasteiger partial charge in [0, 0.05) is 11.6 Å². The molecule has 2 unspecified atom stereocenters. The van der Waals surface area contributed by atoms with Crippen LogP contribution in [0.4, 0.5) is 0 Å². The van der Waals surface area contributed by atoms with Crippen LogP contribution < -0.4 is 5.32 Å². The Balaban J connectivity index is 2.13. The van der Waals surface area contributed by atoms with Crippen molar-refractivity contribution in [2.45, 2.75) is 38.8 Å². The highest BCUT2D eigenvalue weighted by molar-refractivity contribution is 7.09. The van der Waals surface area contributed by atoms with Crippen molar-refractivity contribution in [1.29, 1.82) is 0 Å². The van der Waals surface area contributed by atoms with E-state index in [0.717, 1.165) is 24.4 Å². The molecule has 0 amide bonds. The molecular formula is C10H18N2OS. The predicted molar refractivity (Wildman–Crippen MR) is 59.4 cm³/mol. The lowest BCUT2D eigenvalue weighted by molar-refractivity contribution is 0.181. The third-order valence-electron chi connectivity index (χ3n) is 2.07. The average molecular weight is 214 g/mol. The third-order valence-corrected chi connectivity index (χ3v) is 3.03. The van der Waals surface area contributed by atoms with Crippen LogP contribution in [0.2, 0.25) is 0 Å². The second kappa shape index (κ2) is 6.11. The number of nitrogens with zero attached hydrogens (tertiary/aromatic N) is 1. The summed E-state index contributed by atoms with van der Waals surface area (Å²) in [7, 11) is 0. The zero-order chi connectivity index (χ0) is 10.4. The fraction of sp³-hybridized carbons (Fsp3) is 0.700. The van der Waals surface area contributed by atoms with Crippen molar-refractivity contribution in [3.8, 4) is 0 Å². The molecule has 4 heteroatoms. The molecule has 1 rings (SSSR count). The molecule has 3 nitrogen and oxygen atoms in total. The van der Waals surface area contributed by atoms with Gasteiger partial charge in [-0.2, -0.15) is 0 Å². The zero-order valence-corrected chi connectivity index (χ0v) is 9.55. The van der Waals surface area contributed by atoms with Gasteiger partial charge in [-0.3, -0.25) is 0 Å². The van der Waals surface area contributed by atoms with Crippen LogP contribution in [0.3, 0.4) is 0 Å². The van der Waals surface area contributed by atoms with Gasteiger partial charge in [-0.25, -0.2) is 4.98 Å². The first kappa shape index (κ1) is 11.6. The minimum atomic E-state index is -0.188. The lowest BCUT2D eigenvalue weighted by atomic mass is 10.2. The SMILES string of the molecule is CC(O)CCCNC(C)c1nccs1. The molecule has 0 bridgehead atoms.